The molecule has 0 unspecified atom stereocenters. The van der Waals surface area contributed by atoms with E-state index in [1.165, 1.54) is 0 Å². The zero-order valence-corrected chi connectivity index (χ0v) is 12.1. The lowest BCUT2D eigenvalue weighted by molar-refractivity contribution is 0.416. The van der Waals surface area contributed by atoms with E-state index in [2.05, 4.69) is 20.8 Å². The summed E-state index contributed by atoms with van der Waals surface area (Å²) in [5.41, 5.74) is 3.78. The van der Waals surface area contributed by atoms with Crippen LogP contribution in [0.2, 0.25) is 0 Å². The first-order valence-electron chi connectivity index (χ1n) is 6.22. The van der Waals surface area contributed by atoms with Crippen LogP contribution in [-0.2, 0) is 6.42 Å². The standard InChI is InChI=1S/C15H13N3OS/c1-10-9-20-15-17-14(12(7-8-16)18(10)15)11-5-3-4-6-13(11)19-2/h3-6,9H,7H2,1-2H3. The summed E-state index contributed by atoms with van der Waals surface area (Å²) in [7, 11) is 1.65. The number of methoxy groups -OCH3 is 1. The number of nitrogens with zero attached hydrogens (tertiary/aromatic N) is 3. The van der Waals surface area contributed by atoms with Gasteiger partial charge in [-0.05, 0) is 19.1 Å². The number of rotatable bonds is 3. The van der Waals surface area contributed by atoms with E-state index in [4.69, 9.17) is 10.00 Å². The maximum absolute atomic E-state index is 9.10. The number of hydrogen-bond acceptors (Lipinski definition) is 4. The van der Waals surface area contributed by atoms with Gasteiger partial charge in [0.15, 0.2) is 4.96 Å². The van der Waals surface area contributed by atoms with Gasteiger partial charge in [-0.25, -0.2) is 4.98 Å². The Morgan fingerprint density at radius 1 is 1.40 bits per heavy atom. The van der Waals surface area contributed by atoms with Crippen molar-refractivity contribution in [3.05, 3.63) is 41.0 Å². The molecule has 0 radical (unpaired) electrons. The first-order chi connectivity index (χ1) is 9.76. The minimum atomic E-state index is 0.326. The predicted octanol–water partition coefficient (Wildman–Crippen LogP) is 3.45. The SMILES string of the molecule is COc1ccccc1-c1nc2scc(C)n2c1CC#N. The maximum atomic E-state index is 9.10. The van der Waals surface area contributed by atoms with Crippen LogP contribution < -0.4 is 4.74 Å². The molecule has 0 atom stereocenters. The summed E-state index contributed by atoms with van der Waals surface area (Å²) in [6, 6.07) is 9.99. The normalized spacial score (nSPS) is 10.7. The Balaban J connectivity index is 2.30. The largest absolute Gasteiger partial charge is 0.496 e. The van der Waals surface area contributed by atoms with Crippen molar-refractivity contribution < 1.29 is 4.74 Å². The van der Waals surface area contributed by atoms with Crippen LogP contribution in [0, 0.1) is 18.3 Å². The number of ether oxygens (including phenoxy) is 1. The highest BCUT2D eigenvalue weighted by Gasteiger charge is 2.18. The van der Waals surface area contributed by atoms with E-state index in [9.17, 15) is 0 Å². The highest BCUT2D eigenvalue weighted by atomic mass is 32.1. The lowest BCUT2D eigenvalue weighted by Gasteiger charge is -2.07. The molecule has 0 saturated heterocycles. The van der Waals surface area contributed by atoms with E-state index in [1.807, 2.05) is 31.2 Å². The Bertz CT molecular complexity index is 810. The lowest BCUT2D eigenvalue weighted by atomic mass is 10.1. The number of imidazole rings is 1. The maximum Gasteiger partial charge on any atom is 0.194 e. The van der Waals surface area contributed by atoms with Gasteiger partial charge in [0.05, 0.1) is 31.0 Å². The summed E-state index contributed by atoms with van der Waals surface area (Å²) in [6.07, 6.45) is 0.326. The Hall–Kier alpha value is -2.32. The molecule has 0 aliphatic carbocycles. The Labute approximate surface area is 120 Å². The fourth-order valence-electron chi connectivity index (χ4n) is 2.36. The summed E-state index contributed by atoms with van der Waals surface area (Å²) in [4.78, 5) is 5.59. The van der Waals surface area contributed by atoms with Crippen molar-refractivity contribution in [3.8, 4) is 23.1 Å². The van der Waals surface area contributed by atoms with Crippen molar-refractivity contribution in [2.75, 3.05) is 7.11 Å². The zero-order chi connectivity index (χ0) is 14.1. The average Bonchev–Trinajstić information content (AvgIpc) is 3.01. The number of benzene rings is 1. The monoisotopic (exact) mass is 283 g/mol. The molecule has 4 nitrogen and oxygen atoms in total. The van der Waals surface area contributed by atoms with Gasteiger partial charge in [-0.15, -0.1) is 11.3 Å². The summed E-state index contributed by atoms with van der Waals surface area (Å²) < 4.78 is 7.46. The van der Waals surface area contributed by atoms with Crippen molar-refractivity contribution >= 4 is 16.3 Å². The van der Waals surface area contributed by atoms with Crippen LogP contribution in [0.5, 0.6) is 5.75 Å². The molecule has 0 N–H and O–H groups in total. The summed E-state index contributed by atoms with van der Waals surface area (Å²) in [5, 5.41) is 11.2. The van der Waals surface area contributed by atoms with Crippen LogP contribution in [0.4, 0.5) is 0 Å². The topological polar surface area (TPSA) is 50.3 Å². The molecule has 0 bridgehead atoms. The molecule has 0 fully saturated rings. The van der Waals surface area contributed by atoms with Crippen molar-refractivity contribution in [2.24, 2.45) is 0 Å². The molecule has 5 heteroatoms. The average molecular weight is 283 g/mol. The fourth-order valence-corrected chi connectivity index (χ4v) is 3.24. The fraction of sp³-hybridized carbons (Fsp3) is 0.200. The van der Waals surface area contributed by atoms with Gasteiger partial charge >= 0.3 is 0 Å². The van der Waals surface area contributed by atoms with E-state index >= 15 is 0 Å². The van der Waals surface area contributed by atoms with E-state index < -0.39 is 0 Å². The summed E-state index contributed by atoms with van der Waals surface area (Å²) in [6.45, 7) is 2.03. The first-order valence-corrected chi connectivity index (χ1v) is 7.10. The van der Waals surface area contributed by atoms with Crippen molar-refractivity contribution in [1.82, 2.24) is 9.38 Å². The highest BCUT2D eigenvalue weighted by Crippen LogP contribution is 2.34. The summed E-state index contributed by atoms with van der Waals surface area (Å²) in [5.74, 6) is 0.773. The van der Waals surface area contributed by atoms with Gasteiger partial charge in [0.2, 0.25) is 0 Å². The number of aromatic nitrogens is 2. The predicted molar refractivity (Wildman–Crippen MR) is 79.1 cm³/mol. The van der Waals surface area contributed by atoms with E-state index in [0.29, 0.717) is 6.42 Å². The van der Waals surface area contributed by atoms with Crippen LogP contribution >= 0.6 is 11.3 Å². The molecule has 2 aromatic heterocycles. The minimum absolute atomic E-state index is 0.326. The number of para-hydroxylation sites is 1. The number of aryl methyl sites for hydroxylation is 1. The quantitative estimate of drug-likeness (QED) is 0.739. The van der Waals surface area contributed by atoms with Crippen LogP contribution in [0.3, 0.4) is 0 Å². The molecule has 0 spiro atoms. The van der Waals surface area contributed by atoms with Crippen LogP contribution in [-0.4, -0.2) is 16.5 Å². The van der Waals surface area contributed by atoms with Crippen LogP contribution in [0.15, 0.2) is 29.6 Å². The van der Waals surface area contributed by atoms with Gasteiger partial charge in [0.25, 0.3) is 0 Å². The smallest absolute Gasteiger partial charge is 0.194 e. The Morgan fingerprint density at radius 3 is 2.95 bits per heavy atom. The molecule has 0 aliphatic heterocycles. The number of hydrogen-bond donors (Lipinski definition) is 0. The van der Waals surface area contributed by atoms with Gasteiger partial charge in [0, 0.05) is 16.6 Å². The van der Waals surface area contributed by atoms with E-state index in [1.54, 1.807) is 18.4 Å². The van der Waals surface area contributed by atoms with E-state index in [-0.39, 0.29) is 0 Å². The van der Waals surface area contributed by atoms with Crippen LogP contribution in [0.25, 0.3) is 16.2 Å². The highest BCUT2D eigenvalue weighted by molar-refractivity contribution is 7.15. The molecule has 100 valence electrons. The second-order valence-corrected chi connectivity index (χ2v) is 5.27. The van der Waals surface area contributed by atoms with Crippen LogP contribution in [0.1, 0.15) is 11.4 Å². The molecule has 0 aliphatic rings. The Kier molecular flexibility index (Phi) is 3.17. The molecular formula is C15H13N3OS. The molecule has 1 aromatic carbocycles. The molecule has 0 amide bonds. The third-order valence-corrected chi connectivity index (χ3v) is 4.18. The minimum Gasteiger partial charge on any atom is -0.496 e. The van der Waals surface area contributed by atoms with Gasteiger partial charge in [-0.3, -0.25) is 4.40 Å². The zero-order valence-electron chi connectivity index (χ0n) is 11.3. The van der Waals surface area contributed by atoms with Gasteiger partial charge in [-0.1, -0.05) is 12.1 Å². The lowest BCUT2D eigenvalue weighted by Crippen LogP contribution is -1.95. The third kappa shape index (κ3) is 1.86. The molecule has 2 heterocycles. The van der Waals surface area contributed by atoms with Gasteiger partial charge < -0.3 is 4.74 Å². The molecule has 20 heavy (non-hydrogen) atoms. The number of thiazole rings is 1. The second-order valence-electron chi connectivity index (χ2n) is 4.44. The van der Waals surface area contributed by atoms with Crippen molar-refractivity contribution in [2.45, 2.75) is 13.3 Å². The van der Waals surface area contributed by atoms with Gasteiger partial charge in [0.1, 0.15) is 5.75 Å². The molecule has 0 saturated carbocycles. The number of fused-ring (bicyclic) bond motifs is 1. The number of nitriles is 1. The summed E-state index contributed by atoms with van der Waals surface area (Å²) >= 11 is 1.58. The van der Waals surface area contributed by atoms with Crippen molar-refractivity contribution in [1.29, 1.82) is 5.26 Å². The molecular weight excluding hydrogens is 270 g/mol. The van der Waals surface area contributed by atoms with Gasteiger partial charge in [-0.2, -0.15) is 5.26 Å². The molecule has 3 rings (SSSR count). The third-order valence-electron chi connectivity index (χ3n) is 3.24. The first kappa shape index (κ1) is 12.7. The Morgan fingerprint density at radius 2 is 2.20 bits per heavy atom. The second kappa shape index (κ2) is 4.99. The van der Waals surface area contributed by atoms with Crippen molar-refractivity contribution in [3.63, 3.8) is 0 Å². The van der Waals surface area contributed by atoms with E-state index in [0.717, 1.165) is 33.4 Å². The molecule has 3 aromatic rings.